The molecule has 2 saturated carbocycles. The van der Waals surface area contributed by atoms with Crippen molar-refractivity contribution in [3.63, 3.8) is 0 Å². The first-order valence-electron chi connectivity index (χ1n) is 6.40. The second-order valence-electron chi connectivity index (χ2n) is 5.84. The number of nitrogens with zero attached hydrogens (tertiary/aromatic N) is 1. The van der Waals surface area contributed by atoms with Crippen LogP contribution < -0.4 is 0 Å². The molecular weight excluding hydrogens is 186 g/mol. The molecule has 1 saturated heterocycles. The van der Waals surface area contributed by atoms with Crippen LogP contribution in [-0.4, -0.2) is 24.3 Å². The van der Waals surface area contributed by atoms with Crippen molar-refractivity contribution >= 4 is 0 Å². The third-order valence-electron chi connectivity index (χ3n) is 5.40. The van der Waals surface area contributed by atoms with Gasteiger partial charge in [0.25, 0.3) is 0 Å². The zero-order valence-corrected chi connectivity index (χ0v) is 9.36. The topological polar surface area (TPSA) is 12.5 Å². The summed E-state index contributed by atoms with van der Waals surface area (Å²) in [5.41, 5.74) is 0.506. The number of fused-ring (bicyclic) bond motifs is 3. The molecule has 2 nitrogen and oxygen atoms in total. The molecule has 0 N–H and O–H groups in total. The van der Waals surface area contributed by atoms with E-state index in [4.69, 9.17) is 4.84 Å². The van der Waals surface area contributed by atoms with E-state index in [1.54, 1.807) is 0 Å². The summed E-state index contributed by atoms with van der Waals surface area (Å²) in [6, 6.07) is 0.705. The number of rotatable bonds is 0. The van der Waals surface area contributed by atoms with Gasteiger partial charge in [-0.15, -0.1) is 0 Å². The largest absolute Gasteiger partial charge is 0.294 e. The molecule has 0 aromatic carbocycles. The van der Waals surface area contributed by atoms with E-state index in [0.29, 0.717) is 17.6 Å². The van der Waals surface area contributed by atoms with Crippen LogP contribution in [0.15, 0.2) is 12.2 Å². The highest BCUT2D eigenvalue weighted by atomic mass is 16.7. The Morgan fingerprint density at radius 1 is 1.33 bits per heavy atom. The molecule has 0 unspecified atom stereocenters. The quantitative estimate of drug-likeness (QED) is 0.563. The maximum absolute atomic E-state index is 6.14. The van der Waals surface area contributed by atoms with E-state index >= 15 is 0 Å². The van der Waals surface area contributed by atoms with E-state index in [1.807, 2.05) is 0 Å². The zero-order valence-electron chi connectivity index (χ0n) is 9.36. The predicted molar refractivity (Wildman–Crippen MR) is 58.1 cm³/mol. The molecule has 5 atom stereocenters. The Bertz CT molecular complexity index is 326. The Balaban J connectivity index is 1.82. The van der Waals surface area contributed by atoms with E-state index in [0.717, 1.165) is 11.8 Å². The van der Waals surface area contributed by atoms with E-state index < -0.39 is 0 Å². The van der Waals surface area contributed by atoms with Crippen molar-refractivity contribution < 1.29 is 4.84 Å². The molecule has 1 heterocycles. The predicted octanol–water partition coefficient (Wildman–Crippen LogP) is 2.37. The van der Waals surface area contributed by atoms with Gasteiger partial charge in [0.1, 0.15) is 0 Å². The third kappa shape index (κ3) is 0.853. The lowest BCUT2D eigenvalue weighted by molar-refractivity contribution is -0.152. The third-order valence-corrected chi connectivity index (χ3v) is 5.40. The first-order chi connectivity index (χ1) is 7.32. The Hall–Kier alpha value is -0.340. The number of hydrogen-bond acceptors (Lipinski definition) is 2. The lowest BCUT2D eigenvalue weighted by Crippen LogP contribution is -2.46. The van der Waals surface area contributed by atoms with Gasteiger partial charge in [-0.25, -0.2) is 0 Å². The fourth-order valence-corrected chi connectivity index (χ4v) is 4.88. The van der Waals surface area contributed by atoms with Crippen molar-refractivity contribution in [2.75, 3.05) is 7.05 Å². The van der Waals surface area contributed by atoms with Gasteiger partial charge in [-0.1, -0.05) is 25.0 Å². The monoisotopic (exact) mass is 205 g/mol. The van der Waals surface area contributed by atoms with Crippen LogP contribution >= 0.6 is 0 Å². The minimum Gasteiger partial charge on any atom is -0.294 e. The van der Waals surface area contributed by atoms with E-state index in [1.165, 1.54) is 32.1 Å². The maximum Gasteiger partial charge on any atom is 0.0933 e. The Kier molecular flexibility index (Phi) is 1.56. The van der Waals surface area contributed by atoms with E-state index in [-0.39, 0.29) is 0 Å². The molecule has 4 rings (SSSR count). The average Bonchev–Trinajstić information content (AvgIpc) is 2.88. The second-order valence-corrected chi connectivity index (χ2v) is 5.84. The molecule has 82 valence electrons. The Labute approximate surface area is 91.2 Å². The molecule has 0 aromatic heterocycles. The molecule has 1 aliphatic heterocycles. The van der Waals surface area contributed by atoms with Crippen molar-refractivity contribution in [2.24, 2.45) is 17.3 Å². The van der Waals surface area contributed by atoms with Gasteiger partial charge in [0.05, 0.1) is 6.10 Å². The summed E-state index contributed by atoms with van der Waals surface area (Å²) < 4.78 is 0. The van der Waals surface area contributed by atoms with Crippen LogP contribution in [-0.2, 0) is 4.84 Å². The van der Waals surface area contributed by atoms with Crippen LogP contribution in [0.4, 0.5) is 0 Å². The number of allylic oxidation sites excluding steroid dienone is 1. The van der Waals surface area contributed by atoms with Gasteiger partial charge in [-0.2, -0.15) is 5.06 Å². The van der Waals surface area contributed by atoms with Gasteiger partial charge in [0.15, 0.2) is 0 Å². The molecule has 0 radical (unpaired) electrons. The standard InChI is InChI=1S/C13H19NO/c1-14-11-4-2-3-7-13(11)10-6-5-9(8-10)12(13)15-14/h5-6,9-12H,2-4,7-8H2,1H3/t9-,10+,11+,12+,13+/m0/s1. The first-order valence-corrected chi connectivity index (χ1v) is 6.40. The van der Waals surface area contributed by atoms with Crippen molar-refractivity contribution in [2.45, 2.75) is 44.2 Å². The summed E-state index contributed by atoms with van der Waals surface area (Å²) in [5, 5.41) is 2.19. The highest BCUT2D eigenvalue weighted by molar-refractivity contribution is 5.25. The SMILES string of the molecule is CN1O[C@@H]2[C@H]3C=C[C@H](C3)[C@@]23CCCC[C@@H]13. The van der Waals surface area contributed by atoms with Gasteiger partial charge >= 0.3 is 0 Å². The van der Waals surface area contributed by atoms with E-state index in [9.17, 15) is 0 Å². The van der Waals surface area contributed by atoms with Crippen molar-refractivity contribution in [1.29, 1.82) is 0 Å². The first kappa shape index (κ1) is 8.77. The minimum atomic E-state index is 0.506. The minimum absolute atomic E-state index is 0.506. The number of hydrogen-bond donors (Lipinski definition) is 0. The van der Waals surface area contributed by atoms with Gasteiger partial charge in [0.2, 0.25) is 0 Å². The summed E-state index contributed by atoms with van der Waals surface area (Å²) in [6.07, 6.45) is 12.3. The normalized spacial score (nSPS) is 57.1. The molecule has 1 spiro atoms. The highest BCUT2D eigenvalue weighted by Gasteiger charge is 2.65. The lowest BCUT2D eigenvalue weighted by atomic mass is 9.62. The van der Waals surface area contributed by atoms with Gasteiger partial charge in [-0.3, -0.25) is 4.84 Å². The summed E-state index contributed by atoms with van der Waals surface area (Å²) in [6.45, 7) is 0. The van der Waals surface area contributed by atoms with Gasteiger partial charge in [-0.05, 0) is 25.2 Å². The van der Waals surface area contributed by atoms with Crippen molar-refractivity contribution in [3.05, 3.63) is 12.2 Å². The zero-order chi connectivity index (χ0) is 10.0. The van der Waals surface area contributed by atoms with Crippen LogP contribution in [0.1, 0.15) is 32.1 Å². The van der Waals surface area contributed by atoms with Crippen LogP contribution in [0.2, 0.25) is 0 Å². The summed E-state index contributed by atoms with van der Waals surface area (Å²) >= 11 is 0. The molecule has 4 aliphatic rings. The fraction of sp³-hybridized carbons (Fsp3) is 0.846. The Morgan fingerprint density at radius 2 is 2.27 bits per heavy atom. The Morgan fingerprint density at radius 3 is 3.20 bits per heavy atom. The lowest BCUT2D eigenvalue weighted by Gasteiger charge is -2.43. The molecular formula is C13H19NO. The molecule has 3 aliphatic carbocycles. The molecule has 2 bridgehead atoms. The van der Waals surface area contributed by atoms with Crippen LogP contribution in [0, 0.1) is 17.3 Å². The second kappa shape index (κ2) is 2.67. The van der Waals surface area contributed by atoms with E-state index in [2.05, 4.69) is 24.3 Å². The summed E-state index contributed by atoms with van der Waals surface area (Å²) in [4.78, 5) is 6.14. The molecule has 0 aromatic rings. The molecule has 3 fully saturated rings. The van der Waals surface area contributed by atoms with Crippen LogP contribution in [0.3, 0.4) is 0 Å². The van der Waals surface area contributed by atoms with Gasteiger partial charge < -0.3 is 0 Å². The van der Waals surface area contributed by atoms with Crippen molar-refractivity contribution in [1.82, 2.24) is 5.06 Å². The van der Waals surface area contributed by atoms with Crippen LogP contribution in [0.25, 0.3) is 0 Å². The van der Waals surface area contributed by atoms with Crippen molar-refractivity contribution in [3.8, 4) is 0 Å². The fourth-order valence-electron chi connectivity index (χ4n) is 4.88. The van der Waals surface area contributed by atoms with Gasteiger partial charge in [0, 0.05) is 24.4 Å². The molecule has 0 amide bonds. The summed E-state index contributed by atoms with van der Waals surface area (Å²) in [5.74, 6) is 1.54. The average molecular weight is 205 g/mol. The highest BCUT2D eigenvalue weighted by Crippen LogP contribution is 2.64. The molecule has 15 heavy (non-hydrogen) atoms. The number of hydroxylamine groups is 2. The maximum atomic E-state index is 6.14. The molecule has 2 heteroatoms. The van der Waals surface area contributed by atoms with Crippen LogP contribution in [0.5, 0.6) is 0 Å². The summed E-state index contributed by atoms with van der Waals surface area (Å²) in [7, 11) is 2.15. The smallest absolute Gasteiger partial charge is 0.0933 e.